The lowest BCUT2D eigenvalue weighted by Gasteiger charge is -2.06. The van der Waals surface area contributed by atoms with E-state index in [2.05, 4.69) is 55.2 Å². The minimum absolute atomic E-state index is 0.0950. The summed E-state index contributed by atoms with van der Waals surface area (Å²) < 4.78 is 14.5. The van der Waals surface area contributed by atoms with Crippen molar-refractivity contribution in [2.75, 3.05) is 0 Å². The van der Waals surface area contributed by atoms with E-state index in [4.69, 9.17) is 0 Å². The topological polar surface area (TPSA) is 0 Å². The van der Waals surface area contributed by atoms with E-state index in [9.17, 15) is 4.39 Å². The first-order valence-electron chi connectivity index (χ1n) is 9.64. The Balaban J connectivity index is 1.78. The normalized spacial score (nSPS) is 10.9. The molecule has 0 N–H and O–H groups in total. The first-order chi connectivity index (χ1) is 13.2. The van der Waals surface area contributed by atoms with Crippen LogP contribution in [0.2, 0.25) is 0 Å². The van der Waals surface area contributed by atoms with E-state index >= 15 is 0 Å². The van der Waals surface area contributed by atoms with E-state index in [0.717, 1.165) is 47.8 Å². The molecule has 0 aromatic heterocycles. The molecule has 0 saturated carbocycles. The summed E-state index contributed by atoms with van der Waals surface area (Å²) in [5, 5.41) is 1.58. The summed E-state index contributed by atoms with van der Waals surface area (Å²) in [6, 6.07) is 18.0. The molecule has 0 unspecified atom stereocenters. The van der Waals surface area contributed by atoms with E-state index in [1.165, 1.54) is 5.56 Å². The molecule has 136 valence electrons. The molecule has 0 aliphatic carbocycles. The zero-order valence-electron chi connectivity index (χ0n) is 16.1. The molecule has 3 rings (SSSR count). The van der Waals surface area contributed by atoms with Gasteiger partial charge in [-0.2, -0.15) is 0 Å². The second-order valence-corrected chi connectivity index (χ2v) is 6.78. The summed E-state index contributed by atoms with van der Waals surface area (Å²) in [5.74, 6) is 6.31. The van der Waals surface area contributed by atoms with Gasteiger partial charge in [-0.1, -0.05) is 67.7 Å². The Morgan fingerprint density at radius 1 is 0.889 bits per heavy atom. The third kappa shape index (κ3) is 4.86. The summed E-state index contributed by atoms with van der Waals surface area (Å²) in [5.41, 5.74) is 4.01. The van der Waals surface area contributed by atoms with E-state index in [1.807, 2.05) is 37.3 Å². The zero-order chi connectivity index (χ0) is 19.1. The Kier molecular flexibility index (Phi) is 6.44. The van der Waals surface area contributed by atoms with Gasteiger partial charge in [0.2, 0.25) is 0 Å². The molecule has 0 bridgehead atoms. The van der Waals surface area contributed by atoms with Gasteiger partial charge in [0, 0.05) is 16.5 Å². The molecule has 0 heterocycles. The zero-order valence-corrected chi connectivity index (χ0v) is 16.1. The number of benzene rings is 3. The highest BCUT2D eigenvalue weighted by atomic mass is 19.1. The minimum atomic E-state index is -0.0950. The maximum absolute atomic E-state index is 14.5. The lowest BCUT2D eigenvalue weighted by Crippen LogP contribution is -1.91. The van der Waals surface area contributed by atoms with Crippen molar-refractivity contribution in [2.24, 2.45) is 0 Å². The van der Waals surface area contributed by atoms with Crippen molar-refractivity contribution in [3.05, 3.63) is 94.8 Å². The van der Waals surface area contributed by atoms with Gasteiger partial charge in [0.05, 0.1) is 0 Å². The van der Waals surface area contributed by atoms with Crippen molar-refractivity contribution in [3.63, 3.8) is 0 Å². The summed E-state index contributed by atoms with van der Waals surface area (Å²) in [4.78, 5) is 0. The molecule has 3 aromatic rings. The summed E-state index contributed by atoms with van der Waals surface area (Å²) in [6.07, 6.45) is 8.10. The molecule has 0 atom stereocenters. The van der Waals surface area contributed by atoms with Gasteiger partial charge < -0.3 is 0 Å². The molecule has 0 saturated heterocycles. The average molecular weight is 356 g/mol. The van der Waals surface area contributed by atoms with Gasteiger partial charge in [-0.15, -0.1) is 0 Å². The van der Waals surface area contributed by atoms with Crippen LogP contribution in [0.5, 0.6) is 0 Å². The first-order valence-corrected chi connectivity index (χ1v) is 9.64. The first kappa shape index (κ1) is 18.9. The van der Waals surface area contributed by atoms with Crippen LogP contribution in [0, 0.1) is 17.7 Å². The minimum Gasteiger partial charge on any atom is -0.206 e. The second-order valence-electron chi connectivity index (χ2n) is 6.78. The smallest absolute Gasteiger partial charge is 0.134 e. The van der Waals surface area contributed by atoms with E-state index in [0.29, 0.717) is 5.39 Å². The van der Waals surface area contributed by atoms with Crippen LogP contribution in [0.15, 0.2) is 66.7 Å². The van der Waals surface area contributed by atoms with Gasteiger partial charge in [0.15, 0.2) is 0 Å². The third-order valence-corrected chi connectivity index (χ3v) is 4.69. The highest BCUT2D eigenvalue weighted by Crippen LogP contribution is 2.23. The van der Waals surface area contributed by atoms with Crippen LogP contribution >= 0.6 is 0 Å². The number of hydrogen-bond donors (Lipinski definition) is 0. The van der Waals surface area contributed by atoms with Crippen molar-refractivity contribution >= 4 is 10.8 Å². The predicted octanol–water partition coefficient (Wildman–Crippen LogP) is 6.84. The Labute approximate surface area is 161 Å². The Morgan fingerprint density at radius 2 is 1.63 bits per heavy atom. The monoisotopic (exact) mass is 356 g/mol. The maximum Gasteiger partial charge on any atom is 0.134 e. The van der Waals surface area contributed by atoms with Gasteiger partial charge in [-0.05, 0) is 67.0 Å². The lowest BCUT2D eigenvalue weighted by atomic mass is 10.0. The van der Waals surface area contributed by atoms with Crippen LogP contribution < -0.4 is 0 Å². The number of aryl methyl sites for hydroxylation is 2. The largest absolute Gasteiger partial charge is 0.206 e. The van der Waals surface area contributed by atoms with Crippen molar-refractivity contribution in [1.82, 2.24) is 0 Å². The molecule has 0 amide bonds. The third-order valence-electron chi connectivity index (χ3n) is 4.69. The number of fused-ring (bicyclic) bond motifs is 1. The number of rotatable bonds is 5. The standard InChI is InChI=1S/C26H25F/c1-3-5-6-8-20-9-11-21(12-10-20)13-14-22-15-18-25-24(19-22)17-16-23(7-4-2)26(25)27/h3,5,9-12,15-19H,4,6-8H2,1-2H3/b5-3+. The molecular weight excluding hydrogens is 331 g/mol. The molecule has 0 nitrogen and oxygen atoms in total. The Morgan fingerprint density at radius 3 is 2.37 bits per heavy atom. The number of halogens is 1. The Hall–Kier alpha value is -2.85. The second kappa shape index (κ2) is 9.19. The van der Waals surface area contributed by atoms with E-state index < -0.39 is 0 Å². The molecule has 1 heteroatoms. The van der Waals surface area contributed by atoms with Crippen LogP contribution in [-0.2, 0) is 12.8 Å². The SMILES string of the molecule is C/C=C/CCc1ccc(C#Cc2ccc3c(F)c(CCC)ccc3c2)cc1. The fourth-order valence-corrected chi connectivity index (χ4v) is 3.19. The van der Waals surface area contributed by atoms with Crippen LogP contribution in [0.4, 0.5) is 4.39 Å². The van der Waals surface area contributed by atoms with Gasteiger partial charge in [-0.25, -0.2) is 4.39 Å². The van der Waals surface area contributed by atoms with Crippen molar-refractivity contribution < 1.29 is 4.39 Å². The van der Waals surface area contributed by atoms with Crippen molar-refractivity contribution in [3.8, 4) is 11.8 Å². The van der Waals surface area contributed by atoms with Crippen LogP contribution in [-0.4, -0.2) is 0 Å². The fourth-order valence-electron chi connectivity index (χ4n) is 3.19. The predicted molar refractivity (Wildman–Crippen MR) is 113 cm³/mol. The molecule has 0 radical (unpaired) electrons. The summed E-state index contributed by atoms with van der Waals surface area (Å²) >= 11 is 0. The molecule has 0 spiro atoms. The maximum atomic E-state index is 14.5. The van der Waals surface area contributed by atoms with Gasteiger partial charge in [0.1, 0.15) is 5.82 Å². The van der Waals surface area contributed by atoms with Gasteiger partial charge in [-0.3, -0.25) is 0 Å². The lowest BCUT2D eigenvalue weighted by molar-refractivity contribution is 0.619. The van der Waals surface area contributed by atoms with Gasteiger partial charge in [0.25, 0.3) is 0 Å². The van der Waals surface area contributed by atoms with Crippen molar-refractivity contribution in [2.45, 2.75) is 39.5 Å². The molecular formula is C26H25F. The van der Waals surface area contributed by atoms with Crippen LogP contribution in [0.1, 0.15) is 48.9 Å². The van der Waals surface area contributed by atoms with E-state index in [1.54, 1.807) is 0 Å². The summed E-state index contributed by atoms with van der Waals surface area (Å²) in [7, 11) is 0. The van der Waals surface area contributed by atoms with Crippen LogP contribution in [0.25, 0.3) is 10.8 Å². The fraction of sp³-hybridized carbons (Fsp3) is 0.231. The molecule has 27 heavy (non-hydrogen) atoms. The quantitative estimate of drug-likeness (QED) is 0.347. The molecule has 0 fully saturated rings. The number of allylic oxidation sites excluding steroid dienone is 2. The average Bonchev–Trinajstić information content (AvgIpc) is 2.70. The molecule has 3 aromatic carbocycles. The summed E-state index contributed by atoms with van der Waals surface area (Å²) in [6.45, 7) is 4.11. The molecule has 0 aliphatic rings. The highest BCUT2D eigenvalue weighted by Gasteiger charge is 2.06. The Bertz CT molecular complexity index is 998. The number of hydrogen-bond acceptors (Lipinski definition) is 0. The molecule has 0 aliphatic heterocycles. The van der Waals surface area contributed by atoms with Crippen LogP contribution in [0.3, 0.4) is 0 Å². The van der Waals surface area contributed by atoms with Gasteiger partial charge >= 0.3 is 0 Å². The van der Waals surface area contributed by atoms with E-state index in [-0.39, 0.29) is 5.82 Å². The van der Waals surface area contributed by atoms with Crippen molar-refractivity contribution in [1.29, 1.82) is 0 Å². The highest BCUT2D eigenvalue weighted by molar-refractivity contribution is 5.85.